The van der Waals surface area contributed by atoms with Crippen LogP contribution in [0.4, 0.5) is 10.1 Å². The van der Waals surface area contributed by atoms with Crippen LogP contribution in [0.2, 0.25) is 5.02 Å². The number of ether oxygens (including phenoxy) is 2. The molecule has 2 heterocycles. The maximum atomic E-state index is 13.2. The van der Waals surface area contributed by atoms with Crippen LogP contribution in [-0.2, 0) is 4.79 Å². The summed E-state index contributed by atoms with van der Waals surface area (Å²) in [5.41, 5.74) is 1.54. The predicted molar refractivity (Wildman–Crippen MR) is 106 cm³/mol. The summed E-state index contributed by atoms with van der Waals surface area (Å²) >= 11 is 6.00. The van der Waals surface area contributed by atoms with Crippen LogP contribution in [0.25, 0.3) is 0 Å². The molecule has 0 radical (unpaired) electrons. The van der Waals surface area contributed by atoms with E-state index in [9.17, 15) is 9.18 Å². The first-order valence-corrected chi connectivity index (χ1v) is 9.86. The monoisotopic (exact) mass is 404 g/mol. The van der Waals surface area contributed by atoms with E-state index in [1.807, 2.05) is 18.2 Å². The molecule has 1 amide bonds. The third kappa shape index (κ3) is 4.23. The van der Waals surface area contributed by atoms with E-state index in [4.69, 9.17) is 21.1 Å². The van der Waals surface area contributed by atoms with Crippen molar-refractivity contribution < 1.29 is 18.7 Å². The number of hydrogen-bond donors (Lipinski definition) is 1. The first-order chi connectivity index (χ1) is 13.6. The van der Waals surface area contributed by atoms with Crippen LogP contribution in [0.15, 0.2) is 36.4 Å². The second-order valence-corrected chi connectivity index (χ2v) is 7.46. The van der Waals surface area contributed by atoms with Gasteiger partial charge in [0.15, 0.2) is 11.5 Å². The quantitative estimate of drug-likeness (QED) is 0.819. The highest BCUT2D eigenvalue weighted by Gasteiger charge is 2.28. The van der Waals surface area contributed by atoms with Crippen molar-refractivity contribution in [1.29, 1.82) is 0 Å². The van der Waals surface area contributed by atoms with Gasteiger partial charge in [-0.05, 0) is 55.3 Å². The number of anilines is 1. The molecule has 1 atom stereocenters. The highest BCUT2D eigenvalue weighted by Crippen LogP contribution is 2.37. The van der Waals surface area contributed by atoms with Crippen molar-refractivity contribution in [1.82, 2.24) is 4.90 Å². The molecule has 5 nitrogen and oxygen atoms in total. The summed E-state index contributed by atoms with van der Waals surface area (Å²) in [5, 5.41) is 2.96. The Morgan fingerprint density at radius 1 is 1.14 bits per heavy atom. The van der Waals surface area contributed by atoms with Gasteiger partial charge in [-0.1, -0.05) is 17.7 Å². The molecule has 4 rings (SSSR count). The van der Waals surface area contributed by atoms with Gasteiger partial charge in [0.1, 0.15) is 5.82 Å². The zero-order valence-corrected chi connectivity index (χ0v) is 16.2. The lowest BCUT2D eigenvalue weighted by atomic mass is 10.0. The van der Waals surface area contributed by atoms with Gasteiger partial charge in [-0.3, -0.25) is 9.69 Å². The van der Waals surface area contributed by atoms with E-state index in [-0.39, 0.29) is 23.5 Å². The summed E-state index contributed by atoms with van der Waals surface area (Å²) in [6.07, 6.45) is 2.86. The molecular weight excluding hydrogens is 383 g/mol. The second kappa shape index (κ2) is 8.37. The number of nitrogens with zero attached hydrogens (tertiary/aromatic N) is 1. The van der Waals surface area contributed by atoms with Gasteiger partial charge < -0.3 is 14.8 Å². The fourth-order valence-corrected chi connectivity index (χ4v) is 3.96. The van der Waals surface area contributed by atoms with Crippen LogP contribution < -0.4 is 14.8 Å². The van der Waals surface area contributed by atoms with E-state index in [0.29, 0.717) is 18.9 Å². The van der Waals surface area contributed by atoms with Crippen molar-refractivity contribution >= 4 is 23.2 Å². The van der Waals surface area contributed by atoms with E-state index in [1.54, 1.807) is 0 Å². The smallest absolute Gasteiger partial charge is 0.238 e. The van der Waals surface area contributed by atoms with E-state index < -0.39 is 5.82 Å². The SMILES string of the molecule is O=C(CN1CCC[C@@H]1c1ccc2c(c1)OCCCO2)Nc1ccc(F)cc1Cl. The van der Waals surface area contributed by atoms with Crippen LogP contribution in [0, 0.1) is 5.82 Å². The molecule has 7 heteroatoms. The highest BCUT2D eigenvalue weighted by atomic mass is 35.5. The molecule has 1 fully saturated rings. The number of benzene rings is 2. The van der Waals surface area contributed by atoms with Crippen molar-refractivity contribution in [3.63, 3.8) is 0 Å². The van der Waals surface area contributed by atoms with Gasteiger partial charge in [0, 0.05) is 12.5 Å². The van der Waals surface area contributed by atoms with E-state index >= 15 is 0 Å². The maximum Gasteiger partial charge on any atom is 0.238 e. The molecule has 0 spiro atoms. The number of halogens is 2. The summed E-state index contributed by atoms with van der Waals surface area (Å²) < 4.78 is 24.7. The van der Waals surface area contributed by atoms with Crippen molar-refractivity contribution in [2.45, 2.75) is 25.3 Å². The normalized spacial score (nSPS) is 19.3. The summed E-state index contributed by atoms with van der Waals surface area (Å²) in [6.45, 7) is 2.39. The second-order valence-electron chi connectivity index (χ2n) is 7.06. The molecule has 0 bridgehead atoms. The molecule has 2 aliphatic rings. The topological polar surface area (TPSA) is 50.8 Å². The largest absolute Gasteiger partial charge is 0.490 e. The fourth-order valence-electron chi connectivity index (χ4n) is 3.75. The lowest BCUT2D eigenvalue weighted by Crippen LogP contribution is -2.33. The minimum Gasteiger partial charge on any atom is -0.490 e. The number of carbonyl (C=O) groups is 1. The van der Waals surface area contributed by atoms with Gasteiger partial charge in [-0.15, -0.1) is 0 Å². The minimum atomic E-state index is -0.433. The molecule has 148 valence electrons. The average molecular weight is 405 g/mol. The number of hydrogen-bond acceptors (Lipinski definition) is 4. The van der Waals surface area contributed by atoms with E-state index in [0.717, 1.165) is 42.9 Å². The summed E-state index contributed by atoms with van der Waals surface area (Å²) in [6, 6.07) is 10.1. The van der Waals surface area contributed by atoms with Crippen LogP contribution in [-0.4, -0.2) is 37.1 Å². The Morgan fingerprint density at radius 3 is 2.79 bits per heavy atom. The fraction of sp³-hybridized carbons (Fsp3) is 0.381. The zero-order chi connectivity index (χ0) is 19.5. The standard InChI is InChI=1S/C21H22ClFN2O3/c22-16-12-15(23)5-6-17(16)24-21(26)13-25-8-1-3-18(25)14-4-7-19-20(11-14)28-10-2-9-27-19/h4-7,11-12,18H,1-3,8-10,13H2,(H,24,26)/t18-/m1/s1. The lowest BCUT2D eigenvalue weighted by molar-refractivity contribution is -0.117. The van der Waals surface area contributed by atoms with Crippen LogP contribution in [0.5, 0.6) is 11.5 Å². The molecule has 0 aromatic heterocycles. The molecule has 1 saturated heterocycles. The molecule has 0 saturated carbocycles. The summed E-state index contributed by atoms with van der Waals surface area (Å²) in [7, 11) is 0. The van der Waals surface area contributed by atoms with Gasteiger partial charge in [0.2, 0.25) is 5.91 Å². The van der Waals surface area contributed by atoms with Crippen LogP contribution in [0.1, 0.15) is 30.9 Å². The van der Waals surface area contributed by atoms with Gasteiger partial charge >= 0.3 is 0 Å². The molecule has 2 aromatic rings. The highest BCUT2D eigenvalue weighted by molar-refractivity contribution is 6.33. The van der Waals surface area contributed by atoms with Gasteiger partial charge in [0.25, 0.3) is 0 Å². The van der Waals surface area contributed by atoms with Gasteiger partial charge in [-0.2, -0.15) is 0 Å². The molecule has 1 N–H and O–H groups in total. The molecular formula is C21H22ClFN2O3. The third-order valence-electron chi connectivity index (χ3n) is 5.07. The summed E-state index contributed by atoms with van der Waals surface area (Å²) in [5.74, 6) is 0.936. The molecule has 0 unspecified atom stereocenters. The number of carbonyl (C=O) groups excluding carboxylic acids is 1. The van der Waals surface area contributed by atoms with Crippen molar-refractivity contribution in [2.75, 3.05) is 31.6 Å². The summed E-state index contributed by atoms with van der Waals surface area (Å²) in [4.78, 5) is 14.7. The van der Waals surface area contributed by atoms with Crippen molar-refractivity contribution in [3.05, 3.63) is 52.8 Å². The molecule has 28 heavy (non-hydrogen) atoms. The Balaban J connectivity index is 1.45. The first kappa shape index (κ1) is 19.0. The predicted octanol–water partition coefficient (Wildman–Crippen LogP) is 4.42. The average Bonchev–Trinajstić information content (AvgIpc) is 2.99. The number of likely N-dealkylation sites (tertiary alicyclic amines) is 1. The van der Waals surface area contributed by atoms with Crippen molar-refractivity contribution in [2.24, 2.45) is 0 Å². The Hall–Kier alpha value is -2.31. The molecule has 2 aromatic carbocycles. The van der Waals surface area contributed by atoms with Gasteiger partial charge in [-0.25, -0.2) is 4.39 Å². The minimum absolute atomic E-state index is 0.145. The third-order valence-corrected chi connectivity index (χ3v) is 5.38. The van der Waals surface area contributed by atoms with E-state index in [2.05, 4.69) is 10.2 Å². The Morgan fingerprint density at radius 2 is 1.96 bits per heavy atom. The number of amides is 1. The Bertz CT molecular complexity index is 877. The molecule has 0 aliphatic carbocycles. The van der Waals surface area contributed by atoms with Crippen LogP contribution in [0.3, 0.4) is 0 Å². The Labute approximate surface area is 168 Å². The lowest BCUT2D eigenvalue weighted by Gasteiger charge is -2.25. The number of fused-ring (bicyclic) bond motifs is 1. The Kier molecular flexibility index (Phi) is 5.69. The van der Waals surface area contributed by atoms with Crippen molar-refractivity contribution in [3.8, 4) is 11.5 Å². The number of nitrogens with one attached hydrogen (secondary N) is 1. The van der Waals surface area contributed by atoms with Gasteiger partial charge in [0.05, 0.1) is 30.5 Å². The first-order valence-electron chi connectivity index (χ1n) is 9.48. The zero-order valence-electron chi connectivity index (χ0n) is 15.4. The maximum absolute atomic E-state index is 13.2. The number of rotatable bonds is 4. The van der Waals surface area contributed by atoms with Crippen LogP contribution >= 0.6 is 11.6 Å². The van der Waals surface area contributed by atoms with E-state index in [1.165, 1.54) is 18.2 Å². The molecule has 2 aliphatic heterocycles.